The number of amides is 4. The number of nitrogens with two attached hydrogens (primary N) is 1. The fraction of sp³-hybridized carbons (Fsp3) is 0.182. The molecule has 0 unspecified atom stereocenters. The van der Waals surface area contributed by atoms with Gasteiger partial charge in [0.2, 0.25) is 5.91 Å². The number of thioether (sulfide) groups is 1. The minimum atomic E-state index is -0.919. The summed E-state index contributed by atoms with van der Waals surface area (Å²) >= 11 is 7.32. The molecule has 0 saturated carbocycles. The van der Waals surface area contributed by atoms with Crippen LogP contribution in [0.5, 0.6) is 11.5 Å². The Hall–Kier alpha value is -3.50. The summed E-state index contributed by atoms with van der Waals surface area (Å²) in [5.74, 6) is 0.494. The SMILES string of the molecule is COc1ccc(/C=C2\N=C(SCCC(=O)NC(N)=O)N(c3ccc(Cl)c(OC)c3)C2=O)cc1. The number of halogens is 1. The van der Waals surface area contributed by atoms with E-state index in [-0.39, 0.29) is 23.8 Å². The summed E-state index contributed by atoms with van der Waals surface area (Å²) in [6.07, 6.45) is 1.67. The number of hydrogen-bond acceptors (Lipinski definition) is 7. The van der Waals surface area contributed by atoms with Gasteiger partial charge in [0.05, 0.1) is 24.9 Å². The number of aliphatic imine (C=N–C) groups is 1. The molecule has 33 heavy (non-hydrogen) atoms. The summed E-state index contributed by atoms with van der Waals surface area (Å²) in [6, 6.07) is 11.2. The van der Waals surface area contributed by atoms with E-state index in [4.69, 9.17) is 26.8 Å². The number of carbonyl (C=O) groups excluding carboxylic acids is 3. The van der Waals surface area contributed by atoms with Crippen LogP contribution in [0.3, 0.4) is 0 Å². The molecule has 0 aliphatic carbocycles. The normalized spacial score (nSPS) is 14.3. The first-order chi connectivity index (χ1) is 15.8. The van der Waals surface area contributed by atoms with Crippen molar-refractivity contribution >= 4 is 58.1 Å². The molecule has 1 aliphatic rings. The number of nitrogens with one attached hydrogen (secondary N) is 1. The second kappa shape index (κ2) is 10.9. The summed E-state index contributed by atoms with van der Waals surface area (Å²) < 4.78 is 10.4. The fourth-order valence-electron chi connectivity index (χ4n) is 2.90. The van der Waals surface area contributed by atoms with Crippen molar-refractivity contribution in [3.8, 4) is 11.5 Å². The van der Waals surface area contributed by atoms with Gasteiger partial charge in [-0.25, -0.2) is 9.79 Å². The van der Waals surface area contributed by atoms with Crippen LogP contribution in [-0.4, -0.2) is 43.0 Å². The molecule has 0 radical (unpaired) electrons. The van der Waals surface area contributed by atoms with Crippen LogP contribution < -0.4 is 25.4 Å². The second-order valence-electron chi connectivity index (χ2n) is 6.67. The van der Waals surface area contributed by atoms with Crippen molar-refractivity contribution < 1.29 is 23.9 Å². The van der Waals surface area contributed by atoms with E-state index < -0.39 is 11.9 Å². The van der Waals surface area contributed by atoms with Gasteiger partial charge >= 0.3 is 6.03 Å². The van der Waals surface area contributed by atoms with E-state index in [1.165, 1.54) is 23.8 Å². The average molecular weight is 489 g/mol. The molecule has 0 bridgehead atoms. The maximum atomic E-state index is 13.3. The maximum absolute atomic E-state index is 13.3. The van der Waals surface area contributed by atoms with Crippen molar-refractivity contribution in [1.29, 1.82) is 0 Å². The van der Waals surface area contributed by atoms with Crippen molar-refractivity contribution in [3.63, 3.8) is 0 Å². The summed E-state index contributed by atoms with van der Waals surface area (Å²) in [5.41, 5.74) is 6.45. The smallest absolute Gasteiger partial charge is 0.318 e. The van der Waals surface area contributed by atoms with E-state index in [9.17, 15) is 14.4 Å². The molecule has 3 rings (SSSR count). The number of amidine groups is 1. The Labute approximate surface area is 199 Å². The third kappa shape index (κ3) is 6.05. The van der Waals surface area contributed by atoms with Gasteiger partial charge in [-0.1, -0.05) is 35.5 Å². The first-order valence-corrected chi connectivity index (χ1v) is 11.0. The molecule has 0 aromatic heterocycles. The third-order valence-electron chi connectivity index (χ3n) is 4.46. The highest BCUT2D eigenvalue weighted by atomic mass is 35.5. The second-order valence-corrected chi connectivity index (χ2v) is 8.14. The molecule has 0 saturated heterocycles. The Bertz CT molecular complexity index is 1130. The Morgan fingerprint density at radius 3 is 2.55 bits per heavy atom. The van der Waals surface area contributed by atoms with Crippen molar-refractivity contribution in [3.05, 3.63) is 58.7 Å². The van der Waals surface area contributed by atoms with Crippen LogP contribution >= 0.6 is 23.4 Å². The molecule has 3 N–H and O–H groups in total. The summed E-state index contributed by atoms with van der Waals surface area (Å²) in [5, 5.41) is 2.78. The van der Waals surface area contributed by atoms with E-state index in [1.807, 2.05) is 17.4 Å². The van der Waals surface area contributed by atoms with E-state index >= 15 is 0 Å². The Balaban J connectivity index is 1.89. The highest BCUT2D eigenvalue weighted by Crippen LogP contribution is 2.34. The van der Waals surface area contributed by atoms with E-state index in [0.29, 0.717) is 27.4 Å². The lowest BCUT2D eigenvalue weighted by Gasteiger charge is -2.19. The number of hydrogen-bond donors (Lipinski definition) is 2. The molecule has 4 amide bonds. The Morgan fingerprint density at radius 2 is 1.91 bits per heavy atom. The molecule has 9 nitrogen and oxygen atoms in total. The standard InChI is InChI=1S/C22H21ClN4O5S/c1-31-15-6-3-13(4-7-15)11-17-20(29)27(14-5-8-16(23)18(12-14)32-2)22(25-17)33-10-9-19(28)26-21(24)30/h3-8,11-12H,9-10H2,1-2H3,(H3,24,26,28,30)/b17-11-. The van der Waals surface area contributed by atoms with E-state index in [1.54, 1.807) is 43.5 Å². The number of urea groups is 1. The quantitative estimate of drug-likeness (QED) is 0.575. The summed E-state index contributed by atoms with van der Waals surface area (Å²) in [7, 11) is 3.05. The van der Waals surface area contributed by atoms with Gasteiger partial charge in [0.1, 0.15) is 17.2 Å². The van der Waals surface area contributed by atoms with E-state index in [0.717, 1.165) is 5.56 Å². The molecule has 11 heteroatoms. The van der Waals surface area contributed by atoms with Gasteiger partial charge in [-0.05, 0) is 35.9 Å². The molecule has 2 aromatic carbocycles. The summed E-state index contributed by atoms with van der Waals surface area (Å²) in [6.45, 7) is 0. The lowest BCUT2D eigenvalue weighted by atomic mass is 10.2. The van der Waals surface area contributed by atoms with Gasteiger partial charge in [-0.15, -0.1) is 0 Å². The van der Waals surface area contributed by atoms with Crippen molar-refractivity contribution in [2.24, 2.45) is 10.7 Å². The van der Waals surface area contributed by atoms with Crippen LogP contribution in [0.4, 0.5) is 10.5 Å². The lowest BCUT2D eigenvalue weighted by molar-refractivity contribution is -0.119. The van der Waals surface area contributed by atoms with Crippen LogP contribution in [-0.2, 0) is 9.59 Å². The molecule has 0 spiro atoms. The van der Waals surface area contributed by atoms with E-state index in [2.05, 4.69) is 4.99 Å². The van der Waals surface area contributed by atoms with Gasteiger partial charge in [-0.2, -0.15) is 0 Å². The zero-order chi connectivity index (χ0) is 24.0. The number of ether oxygens (including phenoxy) is 2. The third-order valence-corrected chi connectivity index (χ3v) is 5.72. The van der Waals surface area contributed by atoms with Crippen molar-refractivity contribution in [1.82, 2.24) is 5.32 Å². The van der Waals surface area contributed by atoms with Crippen molar-refractivity contribution in [2.75, 3.05) is 24.9 Å². The minimum Gasteiger partial charge on any atom is -0.497 e. The molecule has 2 aromatic rings. The predicted molar refractivity (Wildman–Crippen MR) is 129 cm³/mol. The minimum absolute atomic E-state index is 0.0100. The number of benzene rings is 2. The molecule has 0 atom stereocenters. The maximum Gasteiger partial charge on any atom is 0.318 e. The number of methoxy groups -OCH3 is 2. The first-order valence-electron chi connectivity index (χ1n) is 9.67. The van der Waals surface area contributed by atoms with Gasteiger partial charge in [0.15, 0.2) is 5.17 Å². The van der Waals surface area contributed by atoms with Crippen LogP contribution in [0.1, 0.15) is 12.0 Å². The molecule has 1 aliphatic heterocycles. The lowest BCUT2D eigenvalue weighted by Crippen LogP contribution is -2.35. The zero-order valence-corrected chi connectivity index (χ0v) is 19.4. The zero-order valence-electron chi connectivity index (χ0n) is 17.8. The number of rotatable bonds is 7. The monoisotopic (exact) mass is 488 g/mol. The molecular formula is C22H21ClN4O5S. The van der Waals surface area contributed by atoms with Crippen LogP contribution in [0.2, 0.25) is 5.02 Å². The molecule has 172 valence electrons. The van der Waals surface area contributed by atoms with Crippen molar-refractivity contribution in [2.45, 2.75) is 6.42 Å². The number of carbonyl (C=O) groups is 3. The Kier molecular flexibility index (Phi) is 7.96. The van der Waals surface area contributed by atoms with Gasteiger partial charge in [0.25, 0.3) is 5.91 Å². The predicted octanol–water partition coefficient (Wildman–Crippen LogP) is 3.42. The number of primary amides is 1. The van der Waals surface area contributed by atoms with Crippen LogP contribution in [0.25, 0.3) is 6.08 Å². The summed E-state index contributed by atoms with van der Waals surface area (Å²) in [4.78, 5) is 41.7. The van der Waals surface area contributed by atoms with Gasteiger partial charge in [0, 0.05) is 18.2 Å². The molecule has 1 heterocycles. The van der Waals surface area contributed by atoms with Crippen LogP contribution in [0.15, 0.2) is 53.2 Å². The fourth-order valence-corrected chi connectivity index (χ4v) is 4.05. The average Bonchev–Trinajstić information content (AvgIpc) is 3.09. The first kappa shape index (κ1) is 24.1. The topological polar surface area (TPSA) is 123 Å². The largest absolute Gasteiger partial charge is 0.497 e. The van der Waals surface area contributed by atoms with Crippen LogP contribution in [0, 0.1) is 0 Å². The number of imide groups is 1. The highest BCUT2D eigenvalue weighted by Gasteiger charge is 2.32. The number of anilines is 1. The number of nitrogens with zero attached hydrogens (tertiary/aromatic N) is 2. The van der Waals surface area contributed by atoms with Gasteiger partial charge in [-0.3, -0.25) is 19.8 Å². The molecular weight excluding hydrogens is 468 g/mol. The Morgan fingerprint density at radius 1 is 1.18 bits per heavy atom. The highest BCUT2D eigenvalue weighted by molar-refractivity contribution is 8.14. The van der Waals surface area contributed by atoms with Gasteiger partial charge < -0.3 is 15.2 Å². The molecule has 0 fully saturated rings.